The summed E-state index contributed by atoms with van der Waals surface area (Å²) in [5.74, 6) is -2.80. The van der Waals surface area contributed by atoms with Crippen LogP contribution in [0.4, 0.5) is 28.9 Å². The summed E-state index contributed by atoms with van der Waals surface area (Å²) in [5.41, 5.74) is -0.143. The smallest absolute Gasteiger partial charge is 0.497 e. The molecule has 0 bridgehead atoms. The van der Waals surface area contributed by atoms with E-state index in [1.54, 1.807) is 30.3 Å². The normalized spacial score (nSPS) is 20.0. The number of hydrogen-bond donors (Lipinski definition) is 2. The number of carbonyl (C=O) groups excluding carboxylic acids is 1. The number of nitrogens with zero attached hydrogens (tertiary/aromatic N) is 1. The van der Waals surface area contributed by atoms with Gasteiger partial charge in [0.1, 0.15) is 29.9 Å². The number of ether oxygens (including phenoxy) is 3. The Bertz CT molecular complexity index is 1500. The minimum atomic E-state index is -4.89. The molecule has 0 spiro atoms. The van der Waals surface area contributed by atoms with Crippen LogP contribution in [0, 0.1) is 5.92 Å². The van der Waals surface area contributed by atoms with Gasteiger partial charge in [-0.15, -0.1) is 13.2 Å². The van der Waals surface area contributed by atoms with E-state index in [1.807, 2.05) is 0 Å². The molecule has 8 nitrogen and oxygen atoms in total. The van der Waals surface area contributed by atoms with Gasteiger partial charge in [0.25, 0.3) is 5.91 Å². The van der Waals surface area contributed by atoms with Crippen LogP contribution in [-0.4, -0.2) is 49.3 Å². The zero-order valence-corrected chi connectivity index (χ0v) is 22.8. The Hall–Kier alpha value is -4.19. The van der Waals surface area contributed by atoms with Gasteiger partial charge < -0.3 is 29.5 Å². The Balaban J connectivity index is 1.43. The Labute approximate surface area is 242 Å². The molecule has 0 aromatic heterocycles. The van der Waals surface area contributed by atoms with Crippen LogP contribution in [0.15, 0.2) is 60.7 Å². The van der Waals surface area contributed by atoms with E-state index in [9.17, 15) is 27.2 Å². The van der Waals surface area contributed by atoms with Crippen LogP contribution >= 0.6 is 11.6 Å². The van der Waals surface area contributed by atoms with E-state index in [0.717, 1.165) is 0 Å². The highest BCUT2D eigenvalue weighted by molar-refractivity contribution is 6.30. The van der Waals surface area contributed by atoms with Crippen molar-refractivity contribution in [3.63, 3.8) is 0 Å². The number of carbonyl (C=O) groups is 2. The molecule has 5 rings (SSSR count). The summed E-state index contributed by atoms with van der Waals surface area (Å²) >= 11 is 6.07. The molecule has 1 aliphatic carbocycles. The number of methoxy groups -OCH3 is 1. The van der Waals surface area contributed by atoms with Gasteiger partial charge in [-0.1, -0.05) is 29.8 Å². The first kappa shape index (κ1) is 29.3. The van der Waals surface area contributed by atoms with Crippen molar-refractivity contribution < 1.29 is 46.5 Å². The number of alkyl halides is 4. The quantitative estimate of drug-likeness (QED) is 0.265. The number of amides is 1. The Morgan fingerprint density at radius 1 is 1.10 bits per heavy atom. The topological polar surface area (TPSA) is 97.3 Å². The first-order valence-electron chi connectivity index (χ1n) is 12.8. The van der Waals surface area contributed by atoms with Crippen LogP contribution in [0.3, 0.4) is 0 Å². The predicted octanol–water partition coefficient (Wildman–Crippen LogP) is 6.18. The van der Waals surface area contributed by atoms with Crippen LogP contribution in [0.1, 0.15) is 23.6 Å². The summed E-state index contributed by atoms with van der Waals surface area (Å²) in [4.78, 5) is 26.5. The number of nitrogens with one attached hydrogen (secondary N) is 1. The number of fused-ring (bicyclic) bond motifs is 1. The summed E-state index contributed by atoms with van der Waals surface area (Å²) in [6.45, 7) is -0.256. The van der Waals surface area contributed by atoms with Gasteiger partial charge in [0.05, 0.1) is 18.7 Å². The average Bonchev–Trinajstić information content (AvgIpc) is 3.45. The molecule has 2 N–H and O–H groups in total. The van der Waals surface area contributed by atoms with Gasteiger partial charge in [-0.3, -0.25) is 9.59 Å². The summed E-state index contributed by atoms with van der Waals surface area (Å²) in [5, 5.41) is 12.6. The largest absolute Gasteiger partial charge is 0.573 e. The minimum Gasteiger partial charge on any atom is -0.497 e. The molecular weight excluding hydrogens is 584 g/mol. The summed E-state index contributed by atoms with van der Waals surface area (Å²) in [6, 6.07) is 13.9. The second kappa shape index (κ2) is 11.2. The van der Waals surface area contributed by atoms with Crippen molar-refractivity contribution in [2.75, 3.05) is 30.5 Å². The third-order valence-electron chi connectivity index (χ3n) is 7.11. The van der Waals surface area contributed by atoms with Crippen LogP contribution in [0.25, 0.3) is 0 Å². The van der Waals surface area contributed by atoms with E-state index in [-0.39, 0.29) is 18.7 Å². The van der Waals surface area contributed by atoms with E-state index in [0.29, 0.717) is 39.7 Å². The van der Waals surface area contributed by atoms with E-state index in [4.69, 9.17) is 26.2 Å². The summed E-state index contributed by atoms with van der Waals surface area (Å²) in [7, 11) is 1.41. The molecule has 3 aromatic carbocycles. The monoisotopic (exact) mass is 608 g/mol. The minimum absolute atomic E-state index is 0.155. The Morgan fingerprint density at radius 3 is 2.45 bits per heavy atom. The molecular formula is C29H25ClF4N2O6. The standard InChI is InChI=1S/C29H25ClF4N2O6/c1-40-21-10-19(11-22(12-21)41-15-28(31)14-23(28)27(38)39)35-25(17-2-5-18(30)6-3-17)26(37)36-9-8-16-4-7-20(13-24(16)36)42-29(32,33)34/h2-7,10-13,23,25,35H,8-9,14-15H2,1H3,(H,38,39)/t23-,25?,28-/m1/s1. The van der Waals surface area contributed by atoms with Crippen LogP contribution < -0.4 is 24.4 Å². The number of aliphatic carboxylic acids is 1. The molecule has 222 valence electrons. The van der Waals surface area contributed by atoms with Crippen LogP contribution in [0.5, 0.6) is 17.2 Å². The molecule has 0 radical (unpaired) electrons. The fourth-order valence-corrected chi connectivity index (χ4v) is 4.98. The van der Waals surface area contributed by atoms with Crippen LogP contribution in [0.2, 0.25) is 5.02 Å². The predicted molar refractivity (Wildman–Crippen MR) is 145 cm³/mol. The molecule has 42 heavy (non-hydrogen) atoms. The maximum absolute atomic E-state index is 14.7. The van der Waals surface area contributed by atoms with E-state index in [1.165, 1.54) is 42.3 Å². The van der Waals surface area contributed by atoms with Gasteiger partial charge in [-0.05, 0) is 35.7 Å². The third-order valence-corrected chi connectivity index (χ3v) is 7.37. The second-order valence-electron chi connectivity index (χ2n) is 10.0. The fourth-order valence-electron chi connectivity index (χ4n) is 4.86. The molecule has 1 aliphatic heterocycles. The maximum Gasteiger partial charge on any atom is 0.573 e. The first-order chi connectivity index (χ1) is 19.8. The lowest BCUT2D eigenvalue weighted by Crippen LogP contribution is -2.37. The molecule has 2 aliphatic rings. The third kappa shape index (κ3) is 6.48. The number of anilines is 2. The number of carboxylic acids is 1. The molecule has 0 saturated heterocycles. The van der Waals surface area contributed by atoms with Crippen molar-refractivity contribution in [2.45, 2.75) is 30.9 Å². The van der Waals surface area contributed by atoms with Crippen molar-refractivity contribution >= 4 is 34.9 Å². The Kier molecular flexibility index (Phi) is 7.84. The van der Waals surface area contributed by atoms with Gasteiger partial charge in [0, 0.05) is 47.9 Å². The molecule has 13 heteroatoms. The van der Waals surface area contributed by atoms with Crippen molar-refractivity contribution in [3.05, 3.63) is 76.8 Å². The molecule has 3 aromatic rings. The van der Waals surface area contributed by atoms with Gasteiger partial charge in [0.15, 0.2) is 5.67 Å². The molecule has 1 fully saturated rings. The summed E-state index contributed by atoms with van der Waals surface area (Å²) < 4.78 is 68.2. The Morgan fingerprint density at radius 2 is 1.81 bits per heavy atom. The first-order valence-corrected chi connectivity index (χ1v) is 13.2. The lowest BCUT2D eigenvalue weighted by atomic mass is 10.0. The average molecular weight is 609 g/mol. The van der Waals surface area contributed by atoms with Crippen molar-refractivity contribution in [2.24, 2.45) is 5.92 Å². The lowest BCUT2D eigenvalue weighted by Gasteiger charge is -2.27. The number of rotatable bonds is 10. The highest BCUT2D eigenvalue weighted by Crippen LogP contribution is 2.48. The van der Waals surface area contributed by atoms with E-state index < -0.39 is 48.2 Å². The van der Waals surface area contributed by atoms with Crippen LogP contribution in [-0.2, 0) is 16.0 Å². The lowest BCUT2D eigenvalue weighted by molar-refractivity contribution is -0.274. The molecule has 1 amide bonds. The SMILES string of the molecule is COc1cc(NC(C(=O)N2CCc3ccc(OC(F)(F)F)cc32)c2ccc(Cl)cc2)cc(OC[C@]2(F)C[C@@H]2C(=O)O)c1. The zero-order valence-electron chi connectivity index (χ0n) is 22.1. The van der Waals surface area contributed by atoms with Crippen molar-refractivity contribution in [1.82, 2.24) is 0 Å². The van der Waals surface area contributed by atoms with Gasteiger partial charge >= 0.3 is 12.3 Å². The number of halogens is 5. The van der Waals surface area contributed by atoms with Crippen molar-refractivity contribution in [3.8, 4) is 17.2 Å². The fraction of sp³-hybridized carbons (Fsp3) is 0.310. The zero-order chi connectivity index (χ0) is 30.2. The van der Waals surface area contributed by atoms with Gasteiger partial charge in [-0.2, -0.15) is 0 Å². The van der Waals surface area contributed by atoms with Gasteiger partial charge in [0.2, 0.25) is 0 Å². The molecule has 3 atom stereocenters. The number of benzene rings is 3. The second-order valence-corrected chi connectivity index (χ2v) is 10.5. The molecule has 1 unspecified atom stereocenters. The van der Waals surface area contributed by atoms with Crippen molar-refractivity contribution in [1.29, 1.82) is 0 Å². The molecule has 1 saturated carbocycles. The summed E-state index contributed by atoms with van der Waals surface area (Å²) in [6.07, 6.45) is -4.62. The highest BCUT2D eigenvalue weighted by Gasteiger charge is 2.61. The maximum atomic E-state index is 14.7. The van der Waals surface area contributed by atoms with E-state index in [2.05, 4.69) is 10.1 Å². The van der Waals surface area contributed by atoms with Gasteiger partial charge in [-0.25, -0.2) is 4.39 Å². The molecule has 1 heterocycles. The number of carboxylic acid groups (broad SMARTS) is 1. The van der Waals surface area contributed by atoms with E-state index >= 15 is 0 Å². The number of hydrogen-bond acceptors (Lipinski definition) is 6. The highest BCUT2D eigenvalue weighted by atomic mass is 35.5.